The second-order valence-electron chi connectivity index (χ2n) is 4.52. The Bertz CT molecular complexity index is 675. The normalized spacial score (nSPS) is 17.1. The van der Waals surface area contributed by atoms with Crippen LogP contribution < -0.4 is 4.74 Å². The maximum Gasteiger partial charge on any atom is 0.414 e. The van der Waals surface area contributed by atoms with E-state index in [9.17, 15) is 10.1 Å². The average molecular weight is 355 g/mol. The van der Waals surface area contributed by atoms with Gasteiger partial charge in [0.1, 0.15) is 23.5 Å². The Labute approximate surface area is 128 Å². The zero-order chi connectivity index (χ0) is 14.8. The number of hydrogen-bond donors (Lipinski definition) is 0. The first-order valence-electron chi connectivity index (χ1n) is 6.18. The summed E-state index contributed by atoms with van der Waals surface area (Å²) in [4.78, 5) is 18.0. The van der Waals surface area contributed by atoms with Gasteiger partial charge < -0.3 is 19.6 Å². The topological polar surface area (TPSA) is 92.3 Å². The van der Waals surface area contributed by atoms with Crippen LogP contribution in [0.25, 0.3) is 0 Å². The number of pyridine rings is 1. The molecule has 0 amide bonds. The number of fused-ring (bicyclic) bond motifs is 1. The first-order valence-corrected chi connectivity index (χ1v) is 6.97. The van der Waals surface area contributed by atoms with Crippen LogP contribution in [0.15, 0.2) is 29.1 Å². The highest BCUT2D eigenvalue weighted by Crippen LogP contribution is 2.22. The molecule has 0 unspecified atom stereocenters. The van der Waals surface area contributed by atoms with E-state index in [1.54, 1.807) is 10.8 Å². The van der Waals surface area contributed by atoms with Gasteiger partial charge in [0.25, 0.3) is 0 Å². The van der Waals surface area contributed by atoms with Gasteiger partial charge in [0.05, 0.1) is 13.2 Å². The molecular weight excluding hydrogens is 344 g/mol. The third-order valence-electron chi connectivity index (χ3n) is 2.99. The standard InChI is InChI=1S/C12H11BrN4O4/c13-10-3-8(1-2-14-10)6-20-9-4-16-5-11(17(18)19)15-12(16)21-7-9/h1-3,5,9H,4,6-7H2/t9-/m0/s1. The molecule has 0 saturated heterocycles. The summed E-state index contributed by atoms with van der Waals surface area (Å²) in [6.45, 7) is 1.21. The molecule has 21 heavy (non-hydrogen) atoms. The highest BCUT2D eigenvalue weighted by atomic mass is 79.9. The predicted molar refractivity (Wildman–Crippen MR) is 74.9 cm³/mol. The molecule has 0 bridgehead atoms. The van der Waals surface area contributed by atoms with Crippen molar-refractivity contribution in [1.82, 2.24) is 14.5 Å². The molecule has 2 aromatic rings. The Hall–Kier alpha value is -2.00. The van der Waals surface area contributed by atoms with Crippen molar-refractivity contribution < 1.29 is 14.4 Å². The first kappa shape index (κ1) is 14.0. The molecule has 9 heteroatoms. The van der Waals surface area contributed by atoms with E-state index < -0.39 is 4.92 Å². The van der Waals surface area contributed by atoms with Gasteiger partial charge in [0.15, 0.2) is 0 Å². The summed E-state index contributed by atoms with van der Waals surface area (Å²) in [6, 6.07) is 3.99. The van der Waals surface area contributed by atoms with Crippen LogP contribution in [-0.4, -0.2) is 32.2 Å². The van der Waals surface area contributed by atoms with Gasteiger partial charge in [-0.15, -0.1) is 0 Å². The highest BCUT2D eigenvalue weighted by Gasteiger charge is 2.28. The molecule has 0 spiro atoms. The van der Waals surface area contributed by atoms with Crippen LogP contribution in [0.1, 0.15) is 5.56 Å². The largest absolute Gasteiger partial charge is 0.443 e. The number of rotatable bonds is 4. The Morgan fingerprint density at radius 3 is 3.24 bits per heavy atom. The number of ether oxygens (including phenoxy) is 2. The molecule has 1 aliphatic rings. The van der Waals surface area contributed by atoms with E-state index >= 15 is 0 Å². The molecule has 0 radical (unpaired) electrons. The molecule has 2 aromatic heterocycles. The van der Waals surface area contributed by atoms with E-state index in [0.717, 1.165) is 10.2 Å². The molecule has 3 rings (SSSR count). The summed E-state index contributed by atoms with van der Waals surface area (Å²) in [5.41, 5.74) is 0.985. The van der Waals surface area contributed by atoms with Gasteiger partial charge in [-0.25, -0.2) is 4.98 Å². The van der Waals surface area contributed by atoms with Crippen LogP contribution in [0.5, 0.6) is 6.01 Å². The Kier molecular flexibility index (Phi) is 3.84. The Balaban J connectivity index is 1.62. The van der Waals surface area contributed by atoms with Gasteiger partial charge in [-0.1, -0.05) is 0 Å². The van der Waals surface area contributed by atoms with Crippen molar-refractivity contribution in [2.75, 3.05) is 6.61 Å². The number of nitrogens with zero attached hydrogens (tertiary/aromatic N) is 4. The third kappa shape index (κ3) is 3.19. The molecule has 0 saturated carbocycles. The second kappa shape index (κ2) is 5.78. The molecule has 0 aliphatic carbocycles. The fourth-order valence-electron chi connectivity index (χ4n) is 2.01. The first-order chi connectivity index (χ1) is 10.1. The summed E-state index contributed by atoms with van der Waals surface area (Å²) in [6.07, 6.45) is 2.86. The smallest absolute Gasteiger partial charge is 0.414 e. The van der Waals surface area contributed by atoms with Gasteiger partial charge in [0.2, 0.25) is 0 Å². The van der Waals surface area contributed by atoms with Crippen molar-refractivity contribution in [3.05, 3.63) is 44.8 Å². The molecule has 0 N–H and O–H groups in total. The van der Waals surface area contributed by atoms with Crippen LogP contribution >= 0.6 is 15.9 Å². The van der Waals surface area contributed by atoms with Crippen LogP contribution in [-0.2, 0) is 17.9 Å². The fraction of sp³-hybridized carbons (Fsp3) is 0.333. The Morgan fingerprint density at radius 1 is 1.62 bits per heavy atom. The van der Waals surface area contributed by atoms with Crippen molar-refractivity contribution in [2.24, 2.45) is 0 Å². The van der Waals surface area contributed by atoms with Gasteiger partial charge in [-0.05, 0) is 38.5 Å². The third-order valence-corrected chi connectivity index (χ3v) is 3.42. The molecular formula is C12H11BrN4O4. The van der Waals surface area contributed by atoms with Gasteiger partial charge >= 0.3 is 11.8 Å². The van der Waals surface area contributed by atoms with Crippen LogP contribution in [0.4, 0.5) is 5.82 Å². The lowest BCUT2D eigenvalue weighted by Crippen LogP contribution is -2.32. The van der Waals surface area contributed by atoms with E-state index in [1.165, 1.54) is 6.20 Å². The minimum Gasteiger partial charge on any atom is -0.443 e. The summed E-state index contributed by atoms with van der Waals surface area (Å²) in [5, 5.41) is 10.7. The molecule has 110 valence electrons. The van der Waals surface area contributed by atoms with Crippen LogP contribution in [0.3, 0.4) is 0 Å². The van der Waals surface area contributed by atoms with Crippen molar-refractivity contribution in [3.63, 3.8) is 0 Å². The van der Waals surface area contributed by atoms with E-state index in [0.29, 0.717) is 19.8 Å². The van der Waals surface area contributed by atoms with E-state index in [1.807, 2.05) is 12.1 Å². The van der Waals surface area contributed by atoms with E-state index in [4.69, 9.17) is 9.47 Å². The monoisotopic (exact) mass is 354 g/mol. The highest BCUT2D eigenvalue weighted by molar-refractivity contribution is 9.10. The summed E-state index contributed by atoms with van der Waals surface area (Å²) in [5.74, 6) is -0.219. The van der Waals surface area contributed by atoms with Crippen LogP contribution in [0.2, 0.25) is 0 Å². The SMILES string of the molecule is O=[N+]([O-])c1cn2c(n1)OC[C@@H](OCc1ccnc(Br)c1)C2. The number of halogens is 1. The maximum atomic E-state index is 10.7. The van der Waals surface area contributed by atoms with Crippen molar-refractivity contribution in [3.8, 4) is 6.01 Å². The minimum atomic E-state index is -0.543. The summed E-state index contributed by atoms with van der Waals surface area (Å²) < 4.78 is 13.5. The molecule has 0 fully saturated rings. The Morgan fingerprint density at radius 2 is 2.48 bits per heavy atom. The lowest BCUT2D eigenvalue weighted by atomic mass is 10.3. The van der Waals surface area contributed by atoms with Crippen molar-refractivity contribution in [2.45, 2.75) is 19.3 Å². The summed E-state index contributed by atoms with van der Waals surface area (Å²) >= 11 is 3.30. The number of hydrogen-bond acceptors (Lipinski definition) is 6. The maximum absolute atomic E-state index is 10.7. The lowest BCUT2D eigenvalue weighted by molar-refractivity contribution is -0.389. The average Bonchev–Trinajstić information content (AvgIpc) is 2.88. The molecule has 1 atom stereocenters. The molecule has 3 heterocycles. The molecule has 0 aromatic carbocycles. The van der Waals surface area contributed by atoms with Gasteiger partial charge in [0, 0.05) is 11.2 Å². The second-order valence-corrected chi connectivity index (χ2v) is 5.33. The van der Waals surface area contributed by atoms with E-state index in [2.05, 4.69) is 25.9 Å². The van der Waals surface area contributed by atoms with Crippen molar-refractivity contribution >= 4 is 21.7 Å². The van der Waals surface area contributed by atoms with Crippen LogP contribution in [0, 0.1) is 10.1 Å². The summed E-state index contributed by atoms with van der Waals surface area (Å²) in [7, 11) is 0. The van der Waals surface area contributed by atoms with E-state index in [-0.39, 0.29) is 17.9 Å². The minimum absolute atomic E-state index is 0.182. The number of nitro groups is 1. The van der Waals surface area contributed by atoms with Gasteiger partial charge in [-0.2, -0.15) is 0 Å². The van der Waals surface area contributed by atoms with Gasteiger partial charge in [-0.3, -0.25) is 4.57 Å². The fourth-order valence-corrected chi connectivity index (χ4v) is 2.42. The molecule has 8 nitrogen and oxygen atoms in total. The number of aromatic nitrogens is 3. The predicted octanol–water partition coefficient (Wildman–Crippen LogP) is 1.93. The zero-order valence-corrected chi connectivity index (χ0v) is 12.4. The quantitative estimate of drug-likeness (QED) is 0.473. The molecule has 1 aliphatic heterocycles. The lowest BCUT2D eigenvalue weighted by Gasteiger charge is -2.22. The zero-order valence-electron chi connectivity index (χ0n) is 10.8. The van der Waals surface area contributed by atoms with Crippen molar-refractivity contribution in [1.29, 1.82) is 0 Å². The number of imidazole rings is 1.